The SMILES string of the molecule is CCCCC(=O)N/N=C/c1ccccc1OS(=O)(=O)c1ccc(C)cc1. The second-order valence-corrected chi connectivity index (χ2v) is 7.33. The average Bonchev–Trinajstić information content (AvgIpc) is 2.61. The van der Waals surface area contributed by atoms with Crippen LogP contribution in [0.1, 0.15) is 37.3 Å². The average molecular weight is 374 g/mol. The van der Waals surface area contributed by atoms with Crippen LogP contribution >= 0.6 is 0 Å². The number of nitrogens with zero attached hydrogens (tertiary/aromatic N) is 1. The first-order valence-electron chi connectivity index (χ1n) is 8.34. The standard InChI is InChI=1S/C19H22N2O4S/c1-3-4-9-19(22)21-20-14-16-7-5-6-8-18(16)25-26(23,24)17-12-10-15(2)11-13-17/h5-8,10-14H,3-4,9H2,1-2H3,(H,21,22)/b20-14+. The summed E-state index contributed by atoms with van der Waals surface area (Å²) >= 11 is 0. The van der Waals surface area contributed by atoms with E-state index >= 15 is 0 Å². The molecule has 138 valence electrons. The number of carbonyl (C=O) groups excluding carboxylic acids is 1. The zero-order valence-electron chi connectivity index (χ0n) is 14.8. The van der Waals surface area contributed by atoms with Gasteiger partial charge >= 0.3 is 10.1 Å². The van der Waals surface area contributed by atoms with Crippen LogP contribution in [0.15, 0.2) is 58.5 Å². The van der Waals surface area contributed by atoms with Crippen molar-refractivity contribution in [3.8, 4) is 5.75 Å². The van der Waals surface area contributed by atoms with Gasteiger partial charge in [0.25, 0.3) is 0 Å². The molecule has 2 rings (SSSR count). The molecule has 0 unspecified atom stereocenters. The quantitative estimate of drug-likeness (QED) is 0.436. The first kappa shape index (κ1) is 19.7. The van der Waals surface area contributed by atoms with Crippen molar-refractivity contribution in [1.29, 1.82) is 0 Å². The number of nitrogens with one attached hydrogen (secondary N) is 1. The Bertz CT molecular complexity index is 875. The fourth-order valence-corrected chi connectivity index (χ4v) is 3.06. The lowest BCUT2D eigenvalue weighted by atomic mass is 10.2. The van der Waals surface area contributed by atoms with E-state index in [4.69, 9.17) is 4.18 Å². The smallest absolute Gasteiger partial charge is 0.339 e. The third-order valence-corrected chi connectivity index (χ3v) is 4.83. The molecule has 0 atom stereocenters. The Morgan fingerprint density at radius 1 is 1.15 bits per heavy atom. The van der Waals surface area contributed by atoms with Crippen LogP contribution in [0.25, 0.3) is 0 Å². The monoisotopic (exact) mass is 374 g/mol. The van der Waals surface area contributed by atoms with Crippen LogP contribution in [0, 0.1) is 6.92 Å². The van der Waals surface area contributed by atoms with E-state index in [1.807, 2.05) is 13.8 Å². The van der Waals surface area contributed by atoms with Crippen molar-refractivity contribution >= 4 is 22.2 Å². The van der Waals surface area contributed by atoms with Crippen molar-refractivity contribution in [1.82, 2.24) is 5.43 Å². The van der Waals surface area contributed by atoms with Crippen LogP contribution in [0.2, 0.25) is 0 Å². The Morgan fingerprint density at radius 3 is 2.54 bits per heavy atom. The highest BCUT2D eigenvalue weighted by atomic mass is 32.2. The summed E-state index contributed by atoms with van der Waals surface area (Å²) in [7, 11) is -3.95. The van der Waals surface area contributed by atoms with Gasteiger partial charge < -0.3 is 4.18 Å². The molecular weight excluding hydrogens is 352 g/mol. The normalized spacial score (nSPS) is 11.5. The van der Waals surface area contributed by atoms with Crippen LogP contribution in [0.4, 0.5) is 0 Å². The Hall–Kier alpha value is -2.67. The van der Waals surface area contributed by atoms with Gasteiger partial charge in [-0.05, 0) is 37.6 Å². The molecule has 0 heterocycles. The lowest BCUT2D eigenvalue weighted by molar-refractivity contribution is -0.121. The van der Waals surface area contributed by atoms with E-state index in [9.17, 15) is 13.2 Å². The van der Waals surface area contributed by atoms with Crippen molar-refractivity contribution in [2.24, 2.45) is 5.10 Å². The highest BCUT2D eigenvalue weighted by Crippen LogP contribution is 2.22. The van der Waals surface area contributed by atoms with Gasteiger partial charge in [0.15, 0.2) is 5.75 Å². The minimum Gasteiger partial charge on any atom is -0.378 e. The topological polar surface area (TPSA) is 84.8 Å². The minimum absolute atomic E-state index is 0.0720. The number of rotatable bonds is 8. The Balaban J connectivity index is 2.13. The molecule has 0 bridgehead atoms. The molecule has 0 spiro atoms. The lowest BCUT2D eigenvalue weighted by Crippen LogP contribution is -2.17. The molecule has 0 saturated heterocycles. The zero-order chi connectivity index (χ0) is 19.0. The van der Waals surface area contributed by atoms with E-state index < -0.39 is 10.1 Å². The summed E-state index contributed by atoms with van der Waals surface area (Å²) < 4.78 is 30.1. The minimum atomic E-state index is -3.95. The van der Waals surface area contributed by atoms with Crippen LogP contribution in [-0.2, 0) is 14.9 Å². The number of benzene rings is 2. The highest BCUT2D eigenvalue weighted by molar-refractivity contribution is 7.87. The van der Waals surface area contributed by atoms with Crippen LogP contribution in [0.5, 0.6) is 5.75 Å². The molecule has 1 N–H and O–H groups in total. The maximum atomic E-state index is 12.4. The second-order valence-electron chi connectivity index (χ2n) is 5.79. The molecule has 6 nitrogen and oxygen atoms in total. The predicted octanol–water partition coefficient (Wildman–Crippen LogP) is 3.40. The maximum absolute atomic E-state index is 12.4. The molecule has 7 heteroatoms. The summed E-state index contributed by atoms with van der Waals surface area (Å²) in [6, 6.07) is 13.0. The van der Waals surface area contributed by atoms with Crippen LogP contribution in [0.3, 0.4) is 0 Å². The first-order chi connectivity index (χ1) is 12.4. The van der Waals surface area contributed by atoms with E-state index in [0.717, 1.165) is 18.4 Å². The Morgan fingerprint density at radius 2 is 1.85 bits per heavy atom. The highest BCUT2D eigenvalue weighted by Gasteiger charge is 2.17. The number of aryl methyl sites for hydroxylation is 1. The lowest BCUT2D eigenvalue weighted by Gasteiger charge is -2.09. The molecule has 0 aliphatic heterocycles. The van der Waals surface area contributed by atoms with Crippen LogP contribution < -0.4 is 9.61 Å². The van der Waals surface area contributed by atoms with Gasteiger partial charge in [0.1, 0.15) is 4.90 Å². The molecule has 0 aromatic heterocycles. The van der Waals surface area contributed by atoms with Crippen molar-refractivity contribution in [3.63, 3.8) is 0 Å². The number of amides is 1. The van der Waals surface area contributed by atoms with Gasteiger partial charge in [0.2, 0.25) is 5.91 Å². The summed E-state index contributed by atoms with van der Waals surface area (Å²) in [5.74, 6) is -0.0478. The molecule has 0 saturated carbocycles. The molecule has 26 heavy (non-hydrogen) atoms. The van der Waals surface area contributed by atoms with E-state index in [0.29, 0.717) is 12.0 Å². The molecule has 2 aromatic rings. The van der Waals surface area contributed by atoms with Gasteiger partial charge in [0, 0.05) is 12.0 Å². The number of unbranched alkanes of at least 4 members (excludes halogenated alkanes) is 1. The molecular formula is C19H22N2O4S. The number of hydrogen-bond acceptors (Lipinski definition) is 5. The van der Waals surface area contributed by atoms with E-state index in [1.165, 1.54) is 24.4 Å². The van der Waals surface area contributed by atoms with Crippen molar-refractivity contribution < 1.29 is 17.4 Å². The van der Waals surface area contributed by atoms with Gasteiger partial charge in [-0.1, -0.05) is 43.2 Å². The molecule has 1 amide bonds. The molecule has 0 aliphatic carbocycles. The molecule has 0 fully saturated rings. The Kier molecular flexibility index (Phi) is 6.91. The third-order valence-electron chi connectivity index (χ3n) is 3.58. The predicted molar refractivity (Wildman–Crippen MR) is 101 cm³/mol. The molecule has 0 radical (unpaired) electrons. The van der Waals surface area contributed by atoms with Gasteiger partial charge in [-0.25, -0.2) is 5.43 Å². The Labute approximate surface area is 154 Å². The first-order valence-corrected chi connectivity index (χ1v) is 9.75. The van der Waals surface area contributed by atoms with Crippen molar-refractivity contribution in [3.05, 3.63) is 59.7 Å². The fraction of sp³-hybridized carbons (Fsp3) is 0.263. The summed E-state index contributed by atoms with van der Waals surface area (Å²) in [6.45, 7) is 3.87. The second kappa shape index (κ2) is 9.15. The third kappa shape index (κ3) is 5.70. The van der Waals surface area contributed by atoms with Gasteiger partial charge in [-0.15, -0.1) is 0 Å². The van der Waals surface area contributed by atoms with Gasteiger partial charge in [-0.3, -0.25) is 4.79 Å². The van der Waals surface area contributed by atoms with Gasteiger partial charge in [-0.2, -0.15) is 13.5 Å². The van der Waals surface area contributed by atoms with Crippen LogP contribution in [-0.4, -0.2) is 20.5 Å². The number of hydrazone groups is 1. The summed E-state index contributed by atoms with van der Waals surface area (Å²) in [5, 5.41) is 3.87. The van der Waals surface area contributed by atoms with E-state index in [2.05, 4.69) is 10.5 Å². The van der Waals surface area contributed by atoms with Crippen molar-refractivity contribution in [2.45, 2.75) is 38.0 Å². The summed E-state index contributed by atoms with van der Waals surface area (Å²) in [6.07, 6.45) is 3.47. The maximum Gasteiger partial charge on any atom is 0.339 e. The molecule has 2 aromatic carbocycles. The molecule has 0 aliphatic rings. The summed E-state index contributed by atoms with van der Waals surface area (Å²) in [4.78, 5) is 11.6. The number of para-hydroxylation sites is 1. The van der Waals surface area contributed by atoms with Crippen molar-refractivity contribution in [2.75, 3.05) is 0 Å². The fourth-order valence-electron chi connectivity index (χ4n) is 2.10. The van der Waals surface area contributed by atoms with Gasteiger partial charge in [0.05, 0.1) is 6.21 Å². The number of carbonyl (C=O) groups is 1. The summed E-state index contributed by atoms with van der Waals surface area (Å²) in [5.41, 5.74) is 3.82. The number of hydrogen-bond donors (Lipinski definition) is 1. The zero-order valence-corrected chi connectivity index (χ0v) is 15.6. The van der Waals surface area contributed by atoms with E-state index in [-0.39, 0.29) is 16.6 Å². The largest absolute Gasteiger partial charge is 0.378 e. The van der Waals surface area contributed by atoms with E-state index in [1.54, 1.807) is 30.3 Å².